The van der Waals surface area contributed by atoms with E-state index < -0.39 is 0 Å². The van der Waals surface area contributed by atoms with Crippen molar-refractivity contribution in [3.63, 3.8) is 0 Å². The van der Waals surface area contributed by atoms with E-state index in [1.54, 1.807) is 6.20 Å². The number of likely N-dealkylation sites (N-methyl/N-ethyl adjacent to an activating group) is 1. The monoisotopic (exact) mass is 164 g/mol. The van der Waals surface area contributed by atoms with Crippen LogP contribution in [0.1, 0.15) is 17.3 Å². The molecule has 3 nitrogen and oxygen atoms in total. The van der Waals surface area contributed by atoms with Crippen LogP contribution in [0.4, 0.5) is 0 Å². The van der Waals surface area contributed by atoms with E-state index in [0.717, 1.165) is 11.3 Å². The molecule has 0 amide bonds. The summed E-state index contributed by atoms with van der Waals surface area (Å²) in [6, 6.07) is 3.98. The molecule has 2 atom stereocenters. The normalized spacial score (nSPS) is 27.2. The minimum absolute atomic E-state index is 0.0636. The van der Waals surface area contributed by atoms with Gasteiger partial charge in [0.15, 0.2) is 0 Å². The van der Waals surface area contributed by atoms with Gasteiger partial charge in [0.25, 0.3) is 0 Å². The fraction of sp³-hybridized carbons (Fsp3) is 0.444. The summed E-state index contributed by atoms with van der Waals surface area (Å²) in [4.78, 5) is 4.21. The van der Waals surface area contributed by atoms with Crippen molar-refractivity contribution in [3.05, 3.63) is 29.6 Å². The SMILES string of the molecule is CNC1c2cccnc2C[C@H]1O. The molecular weight excluding hydrogens is 152 g/mol. The van der Waals surface area contributed by atoms with Gasteiger partial charge in [0.2, 0.25) is 0 Å². The molecule has 0 aromatic carbocycles. The molecular formula is C9H12N2O. The molecule has 1 heterocycles. The number of fused-ring (bicyclic) bond motifs is 1. The summed E-state index contributed by atoms with van der Waals surface area (Å²) in [7, 11) is 1.86. The third-order valence-electron chi connectivity index (χ3n) is 2.36. The van der Waals surface area contributed by atoms with E-state index in [1.165, 1.54) is 0 Å². The van der Waals surface area contributed by atoms with Gasteiger partial charge in [0.05, 0.1) is 12.1 Å². The first-order chi connectivity index (χ1) is 5.83. The highest BCUT2D eigenvalue weighted by molar-refractivity contribution is 5.30. The average Bonchev–Trinajstić information content (AvgIpc) is 2.40. The standard InChI is InChI=1S/C9H12N2O/c1-10-9-6-3-2-4-11-7(6)5-8(9)12/h2-4,8-10,12H,5H2,1H3/t8-,9?/m1/s1. The molecule has 1 aliphatic carbocycles. The Labute approximate surface area is 71.4 Å². The first kappa shape index (κ1) is 7.71. The Balaban J connectivity index is 2.40. The zero-order valence-corrected chi connectivity index (χ0v) is 6.99. The van der Waals surface area contributed by atoms with Crippen molar-refractivity contribution in [2.45, 2.75) is 18.6 Å². The van der Waals surface area contributed by atoms with Crippen LogP contribution in [-0.4, -0.2) is 23.2 Å². The van der Waals surface area contributed by atoms with Crippen LogP contribution in [0.5, 0.6) is 0 Å². The molecule has 0 radical (unpaired) electrons. The van der Waals surface area contributed by atoms with Gasteiger partial charge >= 0.3 is 0 Å². The van der Waals surface area contributed by atoms with Crippen molar-refractivity contribution in [3.8, 4) is 0 Å². The average molecular weight is 164 g/mol. The van der Waals surface area contributed by atoms with Crippen LogP contribution in [0.3, 0.4) is 0 Å². The predicted molar refractivity (Wildman–Crippen MR) is 45.7 cm³/mol. The van der Waals surface area contributed by atoms with Crippen LogP contribution >= 0.6 is 0 Å². The Hall–Kier alpha value is -0.930. The summed E-state index contributed by atoms with van der Waals surface area (Å²) in [6.45, 7) is 0. The first-order valence-electron chi connectivity index (χ1n) is 4.12. The Bertz CT molecular complexity index is 288. The van der Waals surface area contributed by atoms with Gasteiger partial charge in [0, 0.05) is 18.3 Å². The van der Waals surface area contributed by atoms with Crippen LogP contribution in [0, 0.1) is 0 Å². The van der Waals surface area contributed by atoms with E-state index in [9.17, 15) is 5.11 Å². The van der Waals surface area contributed by atoms with Gasteiger partial charge in [-0.3, -0.25) is 4.98 Å². The van der Waals surface area contributed by atoms with E-state index in [0.29, 0.717) is 6.42 Å². The number of aliphatic hydroxyl groups is 1. The van der Waals surface area contributed by atoms with E-state index in [1.807, 2.05) is 19.2 Å². The summed E-state index contributed by atoms with van der Waals surface area (Å²) in [5.41, 5.74) is 2.15. The Morgan fingerprint density at radius 2 is 2.50 bits per heavy atom. The molecule has 3 heteroatoms. The van der Waals surface area contributed by atoms with Crippen molar-refractivity contribution in [2.75, 3.05) is 7.05 Å². The smallest absolute Gasteiger partial charge is 0.0790 e. The number of hydrogen-bond acceptors (Lipinski definition) is 3. The Kier molecular flexibility index (Phi) is 1.83. The number of hydrogen-bond donors (Lipinski definition) is 2. The molecule has 0 saturated heterocycles. The largest absolute Gasteiger partial charge is 0.391 e. The van der Waals surface area contributed by atoms with E-state index >= 15 is 0 Å². The molecule has 1 aliphatic rings. The quantitative estimate of drug-likeness (QED) is 0.625. The summed E-state index contributed by atoms with van der Waals surface area (Å²) in [6.07, 6.45) is 2.12. The van der Waals surface area contributed by atoms with Gasteiger partial charge in [0.1, 0.15) is 0 Å². The van der Waals surface area contributed by atoms with Crippen LogP contribution in [0.15, 0.2) is 18.3 Å². The molecule has 0 spiro atoms. The predicted octanol–water partition coefficient (Wildman–Crippen LogP) is 0.259. The molecule has 1 aromatic rings. The minimum Gasteiger partial charge on any atom is -0.391 e. The number of aliphatic hydroxyl groups excluding tert-OH is 1. The topological polar surface area (TPSA) is 45.2 Å². The van der Waals surface area contributed by atoms with E-state index in [4.69, 9.17) is 0 Å². The molecule has 0 bridgehead atoms. The van der Waals surface area contributed by atoms with Crippen molar-refractivity contribution in [1.82, 2.24) is 10.3 Å². The third-order valence-corrected chi connectivity index (χ3v) is 2.36. The molecule has 12 heavy (non-hydrogen) atoms. The second-order valence-corrected chi connectivity index (χ2v) is 3.08. The van der Waals surface area contributed by atoms with Gasteiger partial charge in [-0.15, -0.1) is 0 Å². The lowest BCUT2D eigenvalue weighted by Gasteiger charge is -2.13. The maximum absolute atomic E-state index is 9.61. The minimum atomic E-state index is -0.320. The summed E-state index contributed by atoms with van der Waals surface area (Å²) < 4.78 is 0. The lowest BCUT2D eigenvalue weighted by atomic mass is 10.1. The molecule has 1 aromatic heterocycles. The van der Waals surface area contributed by atoms with Gasteiger partial charge in [-0.1, -0.05) is 6.07 Å². The zero-order valence-electron chi connectivity index (χ0n) is 6.99. The maximum atomic E-state index is 9.61. The molecule has 2 rings (SSSR count). The fourth-order valence-electron chi connectivity index (χ4n) is 1.78. The van der Waals surface area contributed by atoms with Crippen LogP contribution < -0.4 is 5.32 Å². The van der Waals surface area contributed by atoms with Crippen molar-refractivity contribution in [2.24, 2.45) is 0 Å². The van der Waals surface area contributed by atoms with Gasteiger partial charge in [-0.2, -0.15) is 0 Å². The molecule has 64 valence electrons. The van der Waals surface area contributed by atoms with E-state index in [-0.39, 0.29) is 12.1 Å². The zero-order chi connectivity index (χ0) is 8.55. The van der Waals surface area contributed by atoms with Crippen LogP contribution in [0.2, 0.25) is 0 Å². The number of nitrogens with zero attached hydrogens (tertiary/aromatic N) is 1. The van der Waals surface area contributed by atoms with Crippen molar-refractivity contribution in [1.29, 1.82) is 0 Å². The number of aromatic nitrogens is 1. The summed E-state index contributed by atoms with van der Waals surface area (Å²) in [5.74, 6) is 0. The molecule has 0 aliphatic heterocycles. The highest BCUT2D eigenvalue weighted by Crippen LogP contribution is 2.28. The van der Waals surface area contributed by atoms with Gasteiger partial charge in [-0.05, 0) is 18.7 Å². The van der Waals surface area contributed by atoms with Crippen LogP contribution in [0.25, 0.3) is 0 Å². The maximum Gasteiger partial charge on any atom is 0.0790 e. The molecule has 0 fully saturated rings. The second kappa shape index (κ2) is 2.84. The second-order valence-electron chi connectivity index (χ2n) is 3.08. The number of nitrogens with one attached hydrogen (secondary N) is 1. The molecule has 0 saturated carbocycles. The highest BCUT2D eigenvalue weighted by Gasteiger charge is 2.30. The summed E-state index contributed by atoms with van der Waals surface area (Å²) in [5, 5.41) is 12.7. The number of rotatable bonds is 1. The Morgan fingerprint density at radius 3 is 3.25 bits per heavy atom. The lowest BCUT2D eigenvalue weighted by Crippen LogP contribution is -2.25. The van der Waals surface area contributed by atoms with Gasteiger partial charge < -0.3 is 10.4 Å². The lowest BCUT2D eigenvalue weighted by molar-refractivity contribution is 0.145. The highest BCUT2D eigenvalue weighted by atomic mass is 16.3. The van der Waals surface area contributed by atoms with E-state index in [2.05, 4.69) is 10.3 Å². The summed E-state index contributed by atoms with van der Waals surface area (Å²) >= 11 is 0. The van der Waals surface area contributed by atoms with Crippen molar-refractivity contribution < 1.29 is 5.11 Å². The van der Waals surface area contributed by atoms with Crippen LogP contribution in [-0.2, 0) is 6.42 Å². The molecule has 1 unspecified atom stereocenters. The Morgan fingerprint density at radius 1 is 1.67 bits per heavy atom. The third kappa shape index (κ3) is 1.02. The number of pyridine rings is 1. The molecule has 2 N–H and O–H groups in total. The first-order valence-corrected chi connectivity index (χ1v) is 4.12. The van der Waals surface area contributed by atoms with Crippen molar-refractivity contribution >= 4 is 0 Å². The fourth-order valence-corrected chi connectivity index (χ4v) is 1.78. The van der Waals surface area contributed by atoms with Gasteiger partial charge in [-0.25, -0.2) is 0 Å².